The van der Waals surface area contributed by atoms with Crippen molar-refractivity contribution in [2.75, 3.05) is 33.7 Å². The van der Waals surface area contributed by atoms with Gasteiger partial charge in [-0.3, -0.25) is 4.79 Å². The minimum absolute atomic E-state index is 0.0259. The molecule has 1 aromatic heterocycles. The minimum atomic E-state index is -1.38. The van der Waals surface area contributed by atoms with E-state index in [1.165, 1.54) is 5.56 Å². The molecule has 1 amide bonds. The maximum absolute atomic E-state index is 13.7. The van der Waals surface area contributed by atoms with Gasteiger partial charge in [-0.25, -0.2) is 0 Å². The summed E-state index contributed by atoms with van der Waals surface area (Å²) >= 11 is 1.77. The van der Waals surface area contributed by atoms with E-state index in [0.29, 0.717) is 6.04 Å². The van der Waals surface area contributed by atoms with Crippen LogP contribution in [0.4, 0.5) is 0 Å². The monoisotopic (exact) mass is 441 g/mol. The normalized spacial score (nSPS) is 20.7. The fourth-order valence-corrected chi connectivity index (χ4v) is 6.32. The molecule has 2 aliphatic rings. The van der Waals surface area contributed by atoms with Gasteiger partial charge in [-0.15, -0.1) is 0 Å². The average molecular weight is 442 g/mol. The molecule has 2 aromatic rings. The highest BCUT2D eigenvalue weighted by molar-refractivity contribution is 7.07. The molecular formula is C26H37N2O2S+. The number of piperidine rings is 1. The molecule has 31 heavy (non-hydrogen) atoms. The number of rotatable bonds is 7. The van der Waals surface area contributed by atoms with Crippen LogP contribution in [0.25, 0.3) is 0 Å². The number of likely N-dealkylation sites (N-methyl/N-ethyl adjacent to an activating group) is 1. The van der Waals surface area contributed by atoms with Crippen molar-refractivity contribution in [2.45, 2.75) is 56.6 Å². The molecule has 0 bridgehead atoms. The third-order valence-corrected chi connectivity index (χ3v) is 8.52. The van der Waals surface area contributed by atoms with Crippen LogP contribution in [0.3, 0.4) is 0 Å². The molecule has 1 atom stereocenters. The van der Waals surface area contributed by atoms with E-state index < -0.39 is 5.60 Å². The standard InChI is InChI=1S/C26H37N2O2S/c1-28(2,18-14-21-15-19-31-20-21)24-12-16-27(17-13-24)25(29)26(30,23-10-6-7-11-23)22-8-4-3-5-9-22/h3-5,8-9,15,19-20,23-24,30H,6-7,10-14,16-18H2,1-2H3/q+1/t26-/m0/s1. The zero-order valence-corrected chi connectivity index (χ0v) is 19.8. The molecule has 0 unspecified atom stereocenters. The van der Waals surface area contributed by atoms with Gasteiger partial charge in [0.2, 0.25) is 0 Å². The first-order valence-corrected chi connectivity index (χ1v) is 12.8. The maximum atomic E-state index is 13.7. The van der Waals surface area contributed by atoms with Gasteiger partial charge in [0.1, 0.15) is 0 Å². The van der Waals surface area contributed by atoms with Gasteiger partial charge in [-0.1, -0.05) is 43.2 Å². The SMILES string of the molecule is C[N+](C)(CCc1ccsc1)C1CCN(C(=O)[C@](O)(c2ccccc2)C2CCCC2)CC1. The molecule has 1 saturated heterocycles. The van der Waals surface area contributed by atoms with Crippen molar-refractivity contribution in [2.24, 2.45) is 5.92 Å². The van der Waals surface area contributed by atoms with Crippen molar-refractivity contribution in [3.63, 3.8) is 0 Å². The Morgan fingerprint density at radius 1 is 1.10 bits per heavy atom. The number of aliphatic hydroxyl groups is 1. The molecular weight excluding hydrogens is 404 g/mol. The molecule has 4 rings (SSSR count). The number of carbonyl (C=O) groups excluding carboxylic acids is 1. The highest BCUT2D eigenvalue weighted by Gasteiger charge is 2.49. The van der Waals surface area contributed by atoms with E-state index in [9.17, 15) is 9.90 Å². The van der Waals surface area contributed by atoms with Gasteiger partial charge in [-0.2, -0.15) is 11.3 Å². The Morgan fingerprint density at radius 3 is 2.39 bits per heavy atom. The molecule has 5 heteroatoms. The summed E-state index contributed by atoms with van der Waals surface area (Å²) in [6.07, 6.45) is 7.16. The number of likely N-dealkylation sites (tertiary alicyclic amines) is 1. The Kier molecular flexibility index (Phi) is 6.85. The van der Waals surface area contributed by atoms with Crippen molar-refractivity contribution in [1.82, 2.24) is 4.90 Å². The summed E-state index contributed by atoms with van der Waals surface area (Å²) in [5, 5.41) is 16.2. The van der Waals surface area contributed by atoms with Gasteiger partial charge in [-0.05, 0) is 40.8 Å². The van der Waals surface area contributed by atoms with Crippen molar-refractivity contribution < 1.29 is 14.4 Å². The Balaban J connectivity index is 1.42. The first-order chi connectivity index (χ1) is 14.9. The molecule has 2 heterocycles. The predicted molar refractivity (Wildman–Crippen MR) is 127 cm³/mol. The first kappa shape index (κ1) is 22.5. The van der Waals surface area contributed by atoms with Crippen LogP contribution in [0.1, 0.15) is 49.7 Å². The fourth-order valence-electron chi connectivity index (χ4n) is 5.61. The lowest BCUT2D eigenvalue weighted by Gasteiger charge is -2.45. The van der Waals surface area contributed by atoms with E-state index in [4.69, 9.17) is 0 Å². The summed E-state index contributed by atoms with van der Waals surface area (Å²) in [7, 11) is 4.65. The number of hydrogen-bond donors (Lipinski definition) is 1. The molecule has 1 aromatic carbocycles. The number of thiophene rings is 1. The molecule has 1 N–H and O–H groups in total. The van der Waals surface area contributed by atoms with Crippen LogP contribution in [0, 0.1) is 5.92 Å². The number of benzene rings is 1. The van der Waals surface area contributed by atoms with Crippen LogP contribution in [-0.2, 0) is 16.8 Å². The highest BCUT2D eigenvalue weighted by Crippen LogP contribution is 2.42. The van der Waals surface area contributed by atoms with Crippen molar-refractivity contribution in [3.8, 4) is 0 Å². The third-order valence-electron chi connectivity index (χ3n) is 7.78. The lowest BCUT2D eigenvalue weighted by Crippen LogP contribution is -2.58. The zero-order chi connectivity index (χ0) is 21.9. The lowest BCUT2D eigenvalue weighted by atomic mass is 9.78. The Morgan fingerprint density at radius 2 is 1.77 bits per heavy atom. The Hall–Kier alpha value is -1.69. The van der Waals surface area contributed by atoms with Gasteiger partial charge < -0.3 is 14.5 Å². The van der Waals surface area contributed by atoms with Crippen LogP contribution in [0.2, 0.25) is 0 Å². The quantitative estimate of drug-likeness (QED) is 0.646. The van der Waals surface area contributed by atoms with Crippen LogP contribution in [0.15, 0.2) is 47.2 Å². The Labute approximate surface area is 191 Å². The molecule has 1 aliphatic carbocycles. The molecule has 0 spiro atoms. The minimum Gasteiger partial charge on any atom is -0.375 e. The van der Waals surface area contributed by atoms with Crippen LogP contribution in [0.5, 0.6) is 0 Å². The number of carbonyl (C=O) groups is 1. The molecule has 4 nitrogen and oxygen atoms in total. The Bertz CT molecular complexity index is 838. The van der Waals surface area contributed by atoms with Crippen LogP contribution in [-0.4, -0.2) is 60.2 Å². The lowest BCUT2D eigenvalue weighted by molar-refractivity contribution is -0.916. The van der Waals surface area contributed by atoms with E-state index in [0.717, 1.165) is 74.6 Å². The molecule has 2 fully saturated rings. The number of amides is 1. The molecule has 1 aliphatic heterocycles. The average Bonchev–Trinajstić information content (AvgIpc) is 3.52. The van der Waals surface area contributed by atoms with E-state index in [1.807, 2.05) is 35.2 Å². The largest absolute Gasteiger partial charge is 0.375 e. The van der Waals surface area contributed by atoms with Gasteiger partial charge in [0.25, 0.3) is 5.91 Å². The van der Waals surface area contributed by atoms with Gasteiger partial charge in [0.05, 0.1) is 26.7 Å². The number of nitrogens with zero attached hydrogens (tertiary/aromatic N) is 2. The summed E-state index contributed by atoms with van der Waals surface area (Å²) in [5.41, 5.74) is 0.808. The number of hydrogen-bond acceptors (Lipinski definition) is 3. The fraction of sp³-hybridized carbons (Fsp3) is 0.577. The second-order valence-electron chi connectivity index (χ2n) is 10.0. The predicted octanol–water partition coefficient (Wildman–Crippen LogP) is 4.44. The summed E-state index contributed by atoms with van der Waals surface area (Å²) in [6.45, 7) is 2.60. The highest BCUT2D eigenvalue weighted by atomic mass is 32.1. The van der Waals surface area contributed by atoms with E-state index >= 15 is 0 Å². The van der Waals surface area contributed by atoms with Crippen molar-refractivity contribution in [3.05, 3.63) is 58.3 Å². The van der Waals surface area contributed by atoms with Gasteiger partial charge in [0, 0.05) is 38.3 Å². The summed E-state index contributed by atoms with van der Waals surface area (Å²) in [6, 6.07) is 12.4. The second-order valence-corrected chi connectivity index (χ2v) is 10.8. The van der Waals surface area contributed by atoms with E-state index in [2.05, 4.69) is 30.9 Å². The molecule has 0 radical (unpaired) electrons. The summed E-state index contributed by atoms with van der Waals surface area (Å²) in [5.74, 6) is -0.0504. The van der Waals surface area contributed by atoms with Gasteiger partial charge in [0.15, 0.2) is 5.60 Å². The second kappa shape index (κ2) is 9.43. The summed E-state index contributed by atoms with van der Waals surface area (Å²) < 4.78 is 0.990. The molecule has 168 valence electrons. The molecule has 1 saturated carbocycles. The summed E-state index contributed by atoms with van der Waals surface area (Å²) in [4.78, 5) is 15.7. The first-order valence-electron chi connectivity index (χ1n) is 11.8. The van der Waals surface area contributed by atoms with Crippen molar-refractivity contribution >= 4 is 17.2 Å². The zero-order valence-electron chi connectivity index (χ0n) is 19.0. The number of quaternary nitrogens is 1. The van der Waals surface area contributed by atoms with E-state index in [-0.39, 0.29) is 11.8 Å². The van der Waals surface area contributed by atoms with Crippen molar-refractivity contribution in [1.29, 1.82) is 0 Å². The smallest absolute Gasteiger partial charge is 0.259 e. The maximum Gasteiger partial charge on any atom is 0.259 e. The topological polar surface area (TPSA) is 40.5 Å². The van der Waals surface area contributed by atoms with Crippen LogP contribution >= 0.6 is 11.3 Å². The van der Waals surface area contributed by atoms with Crippen LogP contribution < -0.4 is 0 Å². The van der Waals surface area contributed by atoms with E-state index in [1.54, 1.807) is 11.3 Å². The third kappa shape index (κ3) is 4.74. The van der Waals surface area contributed by atoms with Gasteiger partial charge >= 0.3 is 0 Å².